The third-order valence-corrected chi connectivity index (χ3v) is 4.94. The fourth-order valence-electron chi connectivity index (χ4n) is 2.39. The molecule has 0 aromatic heterocycles. The second kappa shape index (κ2) is 6.54. The summed E-state index contributed by atoms with van der Waals surface area (Å²) >= 11 is 5.72. The van der Waals surface area contributed by atoms with E-state index in [9.17, 15) is 4.79 Å². The predicted octanol–water partition coefficient (Wildman–Crippen LogP) is 3.22. The lowest BCUT2D eigenvalue weighted by Crippen LogP contribution is -2.47. The summed E-state index contributed by atoms with van der Waals surface area (Å²) in [5.74, 6) is 0.136. The molecular formula is C14H18BrIN2O. The van der Waals surface area contributed by atoms with Crippen LogP contribution in [0.5, 0.6) is 0 Å². The van der Waals surface area contributed by atoms with Crippen molar-refractivity contribution in [3.05, 3.63) is 31.8 Å². The zero-order chi connectivity index (χ0) is 14.0. The van der Waals surface area contributed by atoms with Crippen LogP contribution in [0, 0.1) is 3.57 Å². The molecule has 1 amide bonds. The van der Waals surface area contributed by atoms with Gasteiger partial charge in [0.1, 0.15) is 0 Å². The summed E-state index contributed by atoms with van der Waals surface area (Å²) in [6.45, 7) is 1.69. The van der Waals surface area contributed by atoms with Gasteiger partial charge in [-0.15, -0.1) is 0 Å². The van der Waals surface area contributed by atoms with E-state index in [2.05, 4.69) is 57.5 Å². The molecule has 19 heavy (non-hydrogen) atoms. The van der Waals surface area contributed by atoms with Gasteiger partial charge in [-0.2, -0.15) is 0 Å². The van der Waals surface area contributed by atoms with E-state index in [1.807, 2.05) is 23.1 Å². The maximum atomic E-state index is 12.6. The van der Waals surface area contributed by atoms with Gasteiger partial charge >= 0.3 is 0 Å². The summed E-state index contributed by atoms with van der Waals surface area (Å²) in [4.78, 5) is 16.8. The van der Waals surface area contributed by atoms with Crippen LogP contribution in [0.15, 0.2) is 22.7 Å². The molecule has 0 spiro atoms. The Morgan fingerprint density at radius 2 is 2.21 bits per heavy atom. The molecule has 0 aliphatic carbocycles. The molecule has 1 heterocycles. The number of hydrogen-bond acceptors (Lipinski definition) is 2. The van der Waals surface area contributed by atoms with Crippen LogP contribution in [0.3, 0.4) is 0 Å². The number of halogens is 2. The number of piperidine rings is 1. The minimum atomic E-state index is 0.136. The average Bonchev–Trinajstić information content (AvgIpc) is 2.41. The van der Waals surface area contributed by atoms with Crippen molar-refractivity contribution in [2.45, 2.75) is 18.9 Å². The maximum absolute atomic E-state index is 12.6. The van der Waals surface area contributed by atoms with Gasteiger partial charge in [-0.05, 0) is 83.7 Å². The molecule has 2 rings (SSSR count). The molecule has 5 heteroatoms. The van der Waals surface area contributed by atoms with Gasteiger partial charge in [0, 0.05) is 27.2 Å². The second-order valence-corrected chi connectivity index (χ2v) is 7.23. The quantitative estimate of drug-likeness (QED) is 0.664. The Hall–Kier alpha value is -0.140. The molecule has 3 nitrogen and oxygen atoms in total. The summed E-state index contributed by atoms with van der Waals surface area (Å²) in [5.41, 5.74) is 0.770. The lowest BCUT2D eigenvalue weighted by Gasteiger charge is -2.36. The predicted molar refractivity (Wildman–Crippen MR) is 89.5 cm³/mol. The van der Waals surface area contributed by atoms with Gasteiger partial charge < -0.3 is 9.80 Å². The second-order valence-electron chi connectivity index (χ2n) is 5.13. The minimum absolute atomic E-state index is 0.136. The van der Waals surface area contributed by atoms with Gasteiger partial charge in [-0.1, -0.05) is 0 Å². The molecule has 1 aromatic rings. The fourth-order valence-corrected chi connectivity index (χ4v) is 3.30. The Labute approximate surface area is 136 Å². The van der Waals surface area contributed by atoms with Gasteiger partial charge in [0.15, 0.2) is 0 Å². The zero-order valence-corrected chi connectivity index (χ0v) is 14.9. The van der Waals surface area contributed by atoms with Crippen molar-refractivity contribution in [2.24, 2.45) is 0 Å². The van der Waals surface area contributed by atoms with E-state index in [0.717, 1.165) is 33.1 Å². The molecule has 1 unspecified atom stereocenters. The summed E-state index contributed by atoms with van der Waals surface area (Å²) in [5, 5.41) is 0. The zero-order valence-electron chi connectivity index (χ0n) is 11.2. The Morgan fingerprint density at radius 1 is 1.47 bits per heavy atom. The molecule has 1 aliphatic heterocycles. The lowest BCUT2D eigenvalue weighted by molar-refractivity contribution is 0.0634. The van der Waals surface area contributed by atoms with Crippen LogP contribution in [0.4, 0.5) is 0 Å². The Morgan fingerprint density at radius 3 is 2.89 bits per heavy atom. The Balaban J connectivity index is 2.17. The van der Waals surface area contributed by atoms with Crippen molar-refractivity contribution in [1.29, 1.82) is 0 Å². The van der Waals surface area contributed by atoms with E-state index in [0.29, 0.717) is 6.04 Å². The maximum Gasteiger partial charge on any atom is 0.255 e. The summed E-state index contributed by atoms with van der Waals surface area (Å²) in [6.07, 6.45) is 2.25. The molecule has 0 saturated carbocycles. The normalized spacial score (nSPS) is 19.8. The highest BCUT2D eigenvalue weighted by Gasteiger charge is 2.26. The van der Waals surface area contributed by atoms with Crippen molar-refractivity contribution in [1.82, 2.24) is 9.80 Å². The fraction of sp³-hybridized carbons (Fsp3) is 0.500. The van der Waals surface area contributed by atoms with Crippen LogP contribution in [-0.2, 0) is 0 Å². The van der Waals surface area contributed by atoms with Gasteiger partial charge in [0.05, 0.1) is 5.56 Å². The van der Waals surface area contributed by atoms with Gasteiger partial charge in [0.25, 0.3) is 5.91 Å². The van der Waals surface area contributed by atoms with Crippen molar-refractivity contribution in [2.75, 3.05) is 27.2 Å². The first-order chi connectivity index (χ1) is 8.99. The molecule has 1 aliphatic rings. The van der Waals surface area contributed by atoms with Crippen molar-refractivity contribution >= 4 is 44.4 Å². The number of likely N-dealkylation sites (tertiary alicyclic amines) is 1. The third kappa shape index (κ3) is 3.70. The first-order valence-electron chi connectivity index (χ1n) is 6.40. The van der Waals surface area contributed by atoms with Crippen LogP contribution in [0.2, 0.25) is 0 Å². The van der Waals surface area contributed by atoms with Crippen LogP contribution in [-0.4, -0.2) is 48.9 Å². The van der Waals surface area contributed by atoms with Crippen molar-refractivity contribution < 1.29 is 4.79 Å². The molecule has 0 N–H and O–H groups in total. The van der Waals surface area contributed by atoms with Gasteiger partial charge in [-0.3, -0.25) is 4.79 Å². The first-order valence-corrected chi connectivity index (χ1v) is 8.27. The number of rotatable bonds is 2. The molecule has 1 saturated heterocycles. The standard InChI is InChI=1S/C14H18BrIN2O/c1-17(2)11-4-3-7-18(9-11)14(19)12-8-10(16)5-6-13(12)15/h5-6,8,11H,3-4,7,9H2,1-2H3. The molecule has 1 aromatic carbocycles. The SMILES string of the molecule is CN(C)C1CCCN(C(=O)c2cc(I)ccc2Br)C1. The molecule has 0 bridgehead atoms. The van der Waals surface area contributed by atoms with Gasteiger partial charge in [0.2, 0.25) is 0 Å². The topological polar surface area (TPSA) is 23.6 Å². The third-order valence-electron chi connectivity index (χ3n) is 3.57. The average molecular weight is 437 g/mol. The number of carbonyl (C=O) groups excluding carboxylic acids is 1. The lowest BCUT2D eigenvalue weighted by atomic mass is 10.0. The molecule has 0 radical (unpaired) electrons. The number of benzene rings is 1. The first kappa shape index (κ1) is 15.3. The highest BCUT2D eigenvalue weighted by atomic mass is 127. The molecule has 1 fully saturated rings. The minimum Gasteiger partial charge on any atom is -0.337 e. The van der Waals surface area contributed by atoms with Crippen LogP contribution >= 0.6 is 38.5 Å². The summed E-state index contributed by atoms with van der Waals surface area (Å²) in [6, 6.07) is 6.37. The van der Waals surface area contributed by atoms with E-state index in [1.165, 1.54) is 6.42 Å². The smallest absolute Gasteiger partial charge is 0.255 e. The number of likely N-dealkylation sites (N-methyl/N-ethyl adjacent to an activating group) is 1. The highest BCUT2D eigenvalue weighted by molar-refractivity contribution is 14.1. The monoisotopic (exact) mass is 436 g/mol. The Kier molecular flexibility index (Phi) is 5.25. The number of carbonyl (C=O) groups is 1. The molecular weight excluding hydrogens is 419 g/mol. The molecule has 1 atom stereocenters. The van der Waals surface area contributed by atoms with Crippen LogP contribution in [0.1, 0.15) is 23.2 Å². The van der Waals surface area contributed by atoms with Crippen molar-refractivity contribution in [3.63, 3.8) is 0 Å². The Bertz CT molecular complexity index is 479. The van der Waals surface area contributed by atoms with Crippen molar-refractivity contribution in [3.8, 4) is 0 Å². The van der Waals surface area contributed by atoms with E-state index in [1.54, 1.807) is 0 Å². The van der Waals surface area contributed by atoms with Crippen LogP contribution in [0.25, 0.3) is 0 Å². The number of hydrogen-bond donors (Lipinski definition) is 0. The van der Waals surface area contributed by atoms with E-state index < -0.39 is 0 Å². The number of nitrogens with zero attached hydrogens (tertiary/aromatic N) is 2. The summed E-state index contributed by atoms with van der Waals surface area (Å²) in [7, 11) is 4.17. The van der Waals surface area contributed by atoms with E-state index in [4.69, 9.17) is 0 Å². The van der Waals surface area contributed by atoms with Crippen LogP contribution < -0.4 is 0 Å². The number of amides is 1. The largest absolute Gasteiger partial charge is 0.337 e. The van der Waals surface area contributed by atoms with Gasteiger partial charge in [-0.25, -0.2) is 0 Å². The van der Waals surface area contributed by atoms with E-state index in [-0.39, 0.29) is 5.91 Å². The van der Waals surface area contributed by atoms with E-state index >= 15 is 0 Å². The summed E-state index contributed by atoms with van der Waals surface area (Å²) < 4.78 is 1.97. The highest BCUT2D eigenvalue weighted by Crippen LogP contribution is 2.23. The molecule has 104 valence electrons.